The molecule has 0 amide bonds. The first-order chi connectivity index (χ1) is 5.77. The molecule has 0 radical (unpaired) electrons. The molecular weight excluding hydrogens is 150 g/mol. The lowest BCUT2D eigenvalue weighted by atomic mass is 9.67. The summed E-state index contributed by atoms with van der Waals surface area (Å²) in [5.74, 6) is 0. The molecule has 2 aliphatic carbocycles. The minimum Gasteiger partial charge on any atom is -0.357 e. The molecule has 0 aromatic carbocycles. The third-order valence-corrected chi connectivity index (χ3v) is 4.11. The Labute approximate surface area is 73.7 Å². The molecule has 1 atom stereocenters. The second-order valence-corrected chi connectivity index (χ2v) is 4.77. The van der Waals surface area contributed by atoms with Crippen molar-refractivity contribution in [1.29, 1.82) is 0 Å². The Morgan fingerprint density at radius 1 is 1.25 bits per heavy atom. The van der Waals surface area contributed by atoms with Crippen LogP contribution >= 0.6 is 0 Å². The maximum atomic E-state index is 6.08. The molecule has 2 nitrogen and oxygen atoms in total. The summed E-state index contributed by atoms with van der Waals surface area (Å²) in [7, 11) is 0. The zero-order chi connectivity index (χ0) is 8.23. The van der Waals surface area contributed by atoms with Crippen LogP contribution in [-0.4, -0.2) is 18.4 Å². The third-order valence-electron chi connectivity index (χ3n) is 4.11. The molecule has 1 N–H and O–H groups in total. The van der Waals surface area contributed by atoms with Gasteiger partial charge in [-0.25, -0.2) is 0 Å². The van der Waals surface area contributed by atoms with E-state index >= 15 is 0 Å². The molecule has 2 spiro atoms. The fraction of sp³-hybridized carbons (Fsp3) is 1.00. The Morgan fingerprint density at radius 2 is 2.00 bits per heavy atom. The van der Waals surface area contributed by atoms with Gasteiger partial charge in [0.05, 0.1) is 5.60 Å². The van der Waals surface area contributed by atoms with Crippen molar-refractivity contribution in [1.82, 2.24) is 5.32 Å². The molecule has 1 aliphatic heterocycles. The Balaban J connectivity index is 1.86. The first-order valence-electron chi connectivity index (χ1n) is 5.18. The first kappa shape index (κ1) is 7.34. The SMILES string of the molecule is CC1NCC2(CC2)C2(CCC2)O1. The van der Waals surface area contributed by atoms with Crippen LogP contribution in [0.2, 0.25) is 0 Å². The van der Waals surface area contributed by atoms with Crippen molar-refractivity contribution in [2.24, 2.45) is 5.41 Å². The Morgan fingerprint density at radius 3 is 2.50 bits per heavy atom. The molecule has 1 unspecified atom stereocenters. The highest BCUT2D eigenvalue weighted by molar-refractivity contribution is 5.15. The quantitative estimate of drug-likeness (QED) is 0.592. The van der Waals surface area contributed by atoms with Gasteiger partial charge >= 0.3 is 0 Å². The Kier molecular flexibility index (Phi) is 1.25. The summed E-state index contributed by atoms with van der Waals surface area (Å²) in [4.78, 5) is 0. The van der Waals surface area contributed by atoms with Gasteiger partial charge in [-0.15, -0.1) is 0 Å². The van der Waals surface area contributed by atoms with Crippen molar-refractivity contribution in [3.63, 3.8) is 0 Å². The van der Waals surface area contributed by atoms with Gasteiger partial charge in [0.1, 0.15) is 6.23 Å². The summed E-state index contributed by atoms with van der Waals surface area (Å²) >= 11 is 0. The van der Waals surface area contributed by atoms with E-state index in [1.165, 1.54) is 38.6 Å². The minimum atomic E-state index is 0.288. The zero-order valence-electron chi connectivity index (χ0n) is 7.73. The molecule has 0 bridgehead atoms. The molecule has 2 saturated carbocycles. The van der Waals surface area contributed by atoms with Gasteiger partial charge in [0.2, 0.25) is 0 Å². The maximum Gasteiger partial charge on any atom is 0.106 e. The average molecular weight is 167 g/mol. The van der Waals surface area contributed by atoms with Crippen molar-refractivity contribution >= 4 is 0 Å². The Bertz CT molecular complexity index is 206. The van der Waals surface area contributed by atoms with Crippen LogP contribution in [0.4, 0.5) is 0 Å². The molecule has 1 saturated heterocycles. The highest BCUT2D eigenvalue weighted by Gasteiger charge is 2.64. The van der Waals surface area contributed by atoms with E-state index in [0.717, 1.165) is 0 Å². The van der Waals surface area contributed by atoms with Gasteiger partial charge < -0.3 is 4.74 Å². The highest BCUT2D eigenvalue weighted by atomic mass is 16.5. The normalized spacial score (nSPS) is 41.2. The monoisotopic (exact) mass is 167 g/mol. The topological polar surface area (TPSA) is 21.3 Å². The fourth-order valence-corrected chi connectivity index (χ4v) is 2.93. The molecule has 68 valence electrons. The predicted molar refractivity (Wildman–Crippen MR) is 46.8 cm³/mol. The van der Waals surface area contributed by atoms with E-state index in [0.29, 0.717) is 11.0 Å². The smallest absolute Gasteiger partial charge is 0.106 e. The van der Waals surface area contributed by atoms with Gasteiger partial charge in [-0.3, -0.25) is 5.32 Å². The number of hydrogen-bond donors (Lipinski definition) is 1. The van der Waals surface area contributed by atoms with Crippen LogP contribution in [0.1, 0.15) is 39.0 Å². The number of hydrogen-bond acceptors (Lipinski definition) is 2. The summed E-state index contributed by atoms with van der Waals surface area (Å²) in [6, 6.07) is 0. The van der Waals surface area contributed by atoms with Gasteiger partial charge in [-0.05, 0) is 39.0 Å². The summed E-state index contributed by atoms with van der Waals surface area (Å²) in [6.45, 7) is 3.34. The fourth-order valence-electron chi connectivity index (χ4n) is 2.93. The first-order valence-corrected chi connectivity index (χ1v) is 5.18. The predicted octanol–water partition coefficient (Wildman–Crippen LogP) is 1.66. The molecule has 0 aromatic rings. The van der Waals surface area contributed by atoms with E-state index in [1.54, 1.807) is 0 Å². The minimum absolute atomic E-state index is 0.288. The largest absolute Gasteiger partial charge is 0.357 e. The van der Waals surface area contributed by atoms with Crippen LogP contribution < -0.4 is 5.32 Å². The van der Waals surface area contributed by atoms with Crippen LogP contribution in [0.5, 0.6) is 0 Å². The molecule has 12 heavy (non-hydrogen) atoms. The molecule has 3 rings (SSSR count). The average Bonchev–Trinajstić information content (AvgIpc) is 2.73. The number of ether oxygens (including phenoxy) is 1. The zero-order valence-corrected chi connectivity index (χ0v) is 7.73. The second kappa shape index (κ2) is 2.05. The van der Waals surface area contributed by atoms with Gasteiger partial charge in [0, 0.05) is 12.0 Å². The van der Waals surface area contributed by atoms with Crippen molar-refractivity contribution in [3.8, 4) is 0 Å². The van der Waals surface area contributed by atoms with Gasteiger partial charge in [-0.1, -0.05) is 0 Å². The van der Waals surface area contributed by atoms with E-state index in [1.807, 2.05) is 0 Å². The summed E-state index contributed by atoms with van der Waals surface area (Å²) in [5, 5.41) is 3.44. The second-order valence-electron chi connectivity index (χ2n) is 4.77. The van der Waals surface area contributed by atoms with E-state index in [9.17, 15) is 0 Å². The van der Waals surface area contributed by atoms with Crippen molar-refractivity contribution < 1.29 is 4.74 Å². The standard InChI is InChI=1S/C10H17NO/c1-8-11-7-9(5-6-9)10(12-8)3-2-4-10/h8,11H,2-7H2,1H3. The molecule has 1 heterocycles. The van der Waals surface area contributed by atoms with Crippen LogP contribution in [-0.2, 0) is 4.74 Å². The number of nitrogens with one attached hydrogen (secondary N) is 1. The van der Waals surface area contributed by atoms with E-state index in [2.05, 4.69) is 12.2 Å². The summed E-state index contributed by atoms with van der Waals surface area (Å²) < 4.78 is 6.08. The van der Waals surface area contributed by atoms with Crippen molar-refractivity contribution in [3.05, 3.63) is 0 Å². The van der Waals surface area contributed by atoms with Crippen LogP contribution in [0.3, 0.4) is 0 Å². The van der Waals surface area contributed by atoms with E-state index in [4.69, 9.17) is 4.74 Å². The molecule has 3 aliphatic rings. The van der Waals surface area contributed by atoms with Gasteiger partial charge in [0.25, 0.3) is 0 Å². The summed E-state index contributed by atoms with van der Waals surface area (Å²) in [5.41, 5.74) is 0.884. The van der Waals surface area contributed by atoms with Crippen molar-refractivity contribution in [2.45, 2.75) is 50.9 Å². The maximum absolute atomic E-state index is 6.08. The van der Waals surface area contributed by atoms with E-state index < -0.39 is 0 Å². The van der Waals surface area contributed by atoms with E-state index in [-0.39, 0.29) is 6.23 Å². The van der Waals surface area contributed by atoms with Gasteiger partial charge in [0.15, 0.2) is 0 Å². The molecule has 0 aromatic heterocycles. The highest BCUT2D eigenvalue weighted by Crippen LogP contribution is 2.64. The van der Waals surface area contributed by atoms with Crippen LogP contribution in [0.15, 0.2) is 0 Å². The number of fused-ring (bicyclic) bond motifs is 1. The lowest BCUT2D eigenvalue weighted by molar-refractivity contribution is -0.211. The summed E-state index contributed by atoms with van der Waals surface area (Å²) in [6.07, 6.45) is 7.10. The Hall–Kier alpha value is -0.0800. The van der Waals surface area contributed by atoms with Crippen molar-refractivity contribution in [2.75, 3.05) is 6.54 Å². The van der Waals surface area contributed by atoms with Gasteiger partial charge in [-0.2, -0.15) is 0 Å². The van der Waals surface area contributed by atoms with Crippen LogP contribution in [0, 0.1) is 5.41 Å². The molecule has 2 heteroatoms. The third kappa shape index (κ3) is 0.728. The number of rotatable bonds is 0. The lowest BCUT2D eigenvalue weighted by Crippen LogP contribution is -2.60. The molecule has 3 fully saturated rings. The lowest BCUT2D eigenvalue weighted by Gasteiger charge is -2.53. The molecular formula is C10H17NO. The van der Waals surface area contributed by atoms with Crippen LogP contribution in [0.25, 0.3) is 0 Å².